The Morgan fingerprint density at radius 1 is 1.20 bits per heavy atom. The van der Waals surface area contributed by atoms with Crippen LogP contribution in [0.2, 0.25) is 0 Å². The molecule has 0 amide bonds. The minimum atomic E-state index is -0.223. The van der Waals surface area contributed by atoms with Gasteiger partial charge in [-0.25, -0.2) is 0 Å². The van der Waals surface area contributed by atoms with E-state index in [4.69, 9.17) is 4.74 Å². The van der Waals surface area contributed by atoms with Gasteiger partial charge in [0, 0.05) is 6.42 Å². The fourth-order valence-electron chi connectivity index (χ4n) is 3.38. The van der Waals surface area contributed by atoms with Gasteiger partial charge in [-0.15, -0.1) is 0 Å². The van der Waals surface area contributed by atoms with E-state index in [9.17, 15) is 5.11 Å². The van der Waals surface area contributed by atoms with E-state index in [1.165, 1.54) is 35.5 Å². The summed E-state index contributed by atoms with van der Waals surface area (Å²) in [6, 6.07) is 8.52. The Balaban J connectivity index is 1.57. The Morgan fingerprint density at radius 2 is 2.00 bits per heavy atom. The van der Waals surface area contributed by atoms with Crippen LogP contribution in [0, 0.1) is 5.92 Å². The first kappa shape index (κ1) is 14.4. The third-order valence-corrected chi connectivity index (χ3v) is 5.57. The summed E-state index contributed by atoms with van der Waals surface area (Å²) in [6.45, 7) is 0.786. The van der Waals surface area contributed by atoms with E-state index < -0.39 is 0 Å². The Morgan fingerprint density at radius 3 is 2.85 bits per heavy atom. The van der Waals surface area contributed by atoms with Gasteiger partial charge in [-0.2, -0.15) is 11.8 Å². The second-order valence-corrected chi connectivity index (χ2v) is 7.21. The van der Waals surface area contributed by atoms with Crippen LogP contribution in [-0.2, 0) is 11.2 Å². The molecule has 2 atom stereocenters. The Kier molecular flexibility index (Phi) is 5.03. The number of rotatable bonds is 4. The molecular weight excluding hydrogens is 268 g/mol. The highest BCUT2D eigenvalue weighted by atomic mass is 32.2. The molecule has 2 aliphatic heterocycles. The van der Waals surface area contributed by atoms with Gasteiger partial charge >= 0.3 is 0 Å². The Hall–Kier alpha value is -0.510. The van der Waals surface area contributed by atoms with Crippen molar-refractivity contribution in [3.05, 3.63) is 35.4 Å². The van der Waals surface area contributed by atoms with E-state index in [0.29, 0.717) is 5.92 Å². The third-order valence-electron chi connectivity index (χ3n) is 4.52. The summed E-state index contributed by atoms with van der Waals surface area (Å²) in [5, 5.41) is 10.4. The van der Waals surface area contributed by atoms with Gasteiger partial charge in [0.05, 0.1) is 18.8 Å². The maximum Gasteiger partial charge on any atom is 0.0852 e. The van der Waals surface area contributed by atoms with E-state index >= 15 is 0 Å². The molecular formula is C17H24O2S. The van der Waals surface area contributed by atoms with Crippen molar-refractivity contribution >= 4 is 11.8 Å². The summed E-state index contributed by atoms with van der Waals surface area (Å²) in [4.78, 5) is 0. The number of aliphatic hydroxyl groups is 1. The first-order chi connectivity index (χ1) is 9.83. The summed E-state index contributed by atoms with van der Waals surface area (Å²) >= 11 is 2.05. The van der Waals surface area contributed by atoms with Crippen LogP contribution in [0.3, 0.4) is 0 Å². The summed E-state index contributed by atoms with van der Waals surface area (Å²) in [5.41, 5.74) is 2.68. The first-order valence-corrected chi connectivity index (χ1v) is 8.93. The van der Waals surface area contributed by atoms with Crippen LogP contribution >= 0.6 is 11.8 Å². The molecule has 3 rings (SSSR count). The highest BCUT2D eigenvalue weighted by molar-refractivity contribution is 7.99. The Labute approximate surface area is 125 Å². The Bertz CT molecular complexity index is 429. The van der Waals surface area contributed by atoms with Crippen molar-refractivity contribution in [2.24, 2.45) is 5.92 Å². The molecule has 0 spiro atoms. The molecule has 0 saturated carbocycles. The maximum absolute atomic E-state index is 10.4. The monoisotopic (exact) mass is 292 g/mol. The maximum atomic E-state index is 10.4. The van der Waals surface area contributed by atoms with E-state index in [0.717, 1.165) is 25.9 Å². The molecule has 110 valence electrons. The largest absolute Gasteiger partial charge is 0.393 e. The molecule has 0 aliphatic carbocycles. The second-order valence-electron chi connectivity index (χ2n) is 5.99. The van der Waals surface area contributed by atoms with E-state index in [1.54, 1.807) is 0 Å². The molecule has 1 saturated heterocycles. The number of hydrogen-bond acceptors (Lipinski definition) is 3. The molecule has 0 aromatic heterocycles. The summed E-state index contributed by atoms with van der Waals surface area (Å²) in [7, 11) is 0. The van der Waals surface area contributed by atoms with Crippen LogP contribution in [0.1, 0.15) is 42.9 Å². The lowest BCUT2D eigenvalue weighted by Crippen LogP contribution is -2.24. The van der Waals surface area contributed by atoms with Crippen molar-refractivity contribution in [1.82, 2.24) is 0 Å². The highest BCUT2D eigenvalue weighted by Gasteiger charge is 2.25. The van der Waals surface area contributed by atoms with Gasteiger partial charge in [-0.3, -0.25) is 0 Å². The SMILES string of the molecule is OC(CC1CCSCC1)CC1OCCc2ccccc21. The third kappa shape index (κ3) is 3.57. The van der Waals surface area contributed by atoms with E-state index in [1.807, 2.05) is 11.8 Å². The predicted molar refractivity (Wildman–Crippen MR) is 84.1 cm³/mol. The molecule has 1 fully saturated rings. The number of ether oxygens (including phenoxy) is 1. The zero-order valence-corrected chi connectivity index (χ0v) is 12.8. The van der Waals surface area contributed by atoms with Crippen molar-refractivity contribution in [1.29, 1.82) is 0 Å². The minimum Gasteiger partial charge on any atom is -0.393 e. The smallest absolute Gasteiger partial charge is 0.0852 e. The molecule has 1 aromatic carbocycles. The topological polar surface area (TPSA) is 29.5 Å². The lowest BCUT2D eigenvalue weighted by molar-refractivity contribution is -0.00154. The van der Waals surface area contributed by atoms with Gasteiger partial charge in [0.15, 0.2) is 0 Å². The molecule has 2 nitrogen and oxygen atoms in total. The van der Waals surface area contributed by atoms with Crippen LogP contribution in [0.5, 0.6) is 0 Å². The van der Waals surface area contributed by atoms with Crippen molar-refractivity contribution in [2.45, 2.75) is 44.3 Å². The summed E-state index contributed by atoms with van der Waals surface area (Å²) in [6.07, 6.45) is 5.10. The molecule has 2 heterocycles. The number of fused-ring (bicyclic) bond motifs is 1. The highest BCUT2D eigenvalue weighted by Crippen LogP contribution is 2.33. The fourth-order valence-corrected chi connectivity index (χ4v) is 4.59. The van der Waals surface area contributed by atoms with Crippen molar-refractivity contribution in [3.8, 4) is 0 Å². The van der Waals surface area contributed by atoms with Gasteiger partial charge < -0.3 is 9.84 Å². The van der Waals surface area contributed by atoms with Crippen molar-refractivity contribution in [3.63, 3.8) is 0 Å². The van der Waals surface area contributed by atoms with Gasteiger partial charge in [-0.05, 0) is 54.2 Å². The quantitative estimate of drug-likeness (QED) is 0.919. The lowest BCUT2D eigenvalue weighted by Gasteiger charge is -2.29. The molecule has 2 aliphatic rings. The molecule has 2 unspecified atom stereocenters. The van der Waals surface area contributed by atoms with Crippen LogP contribution in [-0.4, -0.2) is 29.3 Å². The number of thioether (sulfide) groups is 1. The molecule has 1 N–H and O–H groups in total. The first-order valence-electron chi connectivity index (χ1n) is 7.78. The fraction of sp³-hybridized carbons (Fsp3) is 0.647. The molecule has 1 aromatic rings. The standard InChI is InChI=1S/C17H24O2S/c18-15(11-13-6-9-20-10-7-13)12-17-16-4-2-1-3-14(16)5-8-19-17/h1-4,13,15,17-18H,5-12H2. The second kappa shape index (κ2) is 6.97. The molecule has 3 heteroatoms. The lowest BCUT2D eigenvalue weighted by atomic mass is 9.89. The van der Waals surface area contributed by atoms with Crippen LogP contribution in [0.15, 0.2) is 24.3 Å². The number of hydrogen-bond donors (Lipinski definition) is 1. The molecule has 0 bridgehead atoms. The summed E-state index contributed by atoms with van der Waals surface area (Å²) in [5.74, 6) is 3.24. The average Bonchev–Trinajstić information content (AvgIpc) is 2.48. The van der Waals surface area contributed by atoms with Crippen LogP contribution < -0.4 is 0 Å². The number of aliphatic hydroxyl groups excluding tert-OH is 1. The minimum absolute atomic E-state index is 0.0907. The van der Waals surface area contributed by atoms with E-state index in [2.05, 4.69) is 24.3 Å². The van der Waals surface area contributed by atoms with Gasteiger partial charge in [0.1, 0.15) is 0 Å². The van der Waals surface area contributed by atoms with Crippen LogP contribution in [0.25, 0.3) is 0 Å². The van der Waals surface area contributed by atoms with Crippen molar-refractivity contribution < 1.29 is 9.84 Å². The summed E-state index contributed by atoms with van der Waals surface area (Å²) < 4.78 is 5.90. The zero-order chi connectivity index (χ0) is 13.8. The van der Waals surface area contributed by atoms with Gasteiger partial charge in [0.2, 0.25) is 0 Å². The van der Waals surface area contributed by atoms with Crippen LogP contribution in [0.4, 0.5) is 0 Å². The average molecular weight is 292 g/mol. The zero-order valence-electron chi connectivity index (χ0n) is 12.0. The van der Waals surface area contributed by atoms with Gasteiger partial charge in [-0.1, -0.05) is 24.3 Å². The van der Waals surface area contributed by atoms with Gasteiger partial charge in [0.25, 0.3) is 0 Å². The predicted octanol–water partition coefficient (Wildman–Crippen LogP) is 3.58. The number of benzene rings is 1. The molecule has 20 heavy (non-hydrogen) atoms. The van der Waals surface area contributed by atoms with Crippen molar-refractivity contribution in [2.75, 3.05) is 18.1 Å². The molecule has 0 radical (unpaired) electrons. The normalized spacial score (nSPS) is 25.1. The van der Waals surface area contributed by atoms with E-state index in [-0.39, 0.29) is 12.2 Å².